The number of rotatable bonds is 7. The maximum atomic E-state index is 11.0. The van der Waals surface area contributed by atoms with E-state index in [0.29, 0.717) is 17.7 Å². The van der Waals surface area contributed by atoms with Crippen molar-refractivity contribution in [1.82, 2.24) is 0 Å². The first-order chi connectivity index (χ1) is 8.58. The van der Waals surface area contributed by atoms with E-state index in [0.717, 1.165) is 12.8 Å². The Labute approximate surface area is 111 Å². The van der Waals surface area contributed by atoms with Crippen molar-refractivity contribution in [1.29, 1.82) is 0 Å². The van der Waals surface area contributed by atoms with Crippen LogP contribution in [0.4, 0.5) is 0 Å². The third-order valence-corrected chi connectivity index (χ3v) is 2.70. The second kappa shape index (κ2) is 7.01. The van der Waals surface area contributed by atoms with Gasteiger partial charge in [-0.15, -0.1) is 0 Å². The van der Waals surface area contributed by atoms with Crippen molar-refractivity contribution in [2.75, 3.05) is 0 Å². The van der Waals surface area contributed by atoms with Gasteiger partial charge in [0.15, 0.2) is 12.4 Å². The van der Waals surface area contributed by atoms with Crippen LogP contribution in [-0.4, -0.2) is 23.5 Å². The Balaban J connectivity index is 2.86. The Morgan fingerprint density at radius 1 is 1.56 bits per heavy atom. The van der Waals surface area contributed by atoms with Crippen molar-refractivity contribution in [2.24, 2.45) is 0 Å². The van der Waals surface area contributed by atoms with Crippen LogP contribution in [0.5, 0.6) is 5.75 Å². The molecule has 0 aliphatic carbocycles. The van der Waals surface area contributed by atoms with Crippen LogP contribution < -0.4 is 4.74 Å². The number of ether oxygens (including phenoxy) is 1. The molecule has 5 heteroatoms. The summed E-state index contributed by atoms with van der Waals surface area (Å²) in [5.41, 5.74) is 0.255. The zero-order chi connectivity index (χ0) is 13.5. The molecule has 1 N–H and O–H groups in total. The van der Waals surface area contributed by atoms with E-state index in [1.165, 1.54) is 12.1 Å². The molecule has 1 unspecified atom stereocenters. The van der Waals surface area contributed by atoms with Crippen LogP contribution in [0.2, 0.25) is 5.02 Å². The van der Waals surface area contributed by atoms with Gasteiger partial charge in [-0.2, -0.15) is 0 Å². The van der Waals surface area contributed by atoms with Crippen LogP contribution in [0.25, 0.3) is 0 Å². The molecule has 0 aromatic heterocycles. The molecule has 1 atom stereocenters. The van der Waals surface area contributed by atoms with Gasteiger partial charge in [-0.3, -0.25) is 4.79 Å². The average Bonchev–Trinajstić information content (AvgIpc) is 2.35. The van der Waals surface area contributed by atoms with Gasteiger partial charge >= 0.3 is 5.97 Å². The number of unbranched alkanes of at least 4 members (excludes halogenated alkanes) is 1. The fourth-order valence-electron chi connectivity index (χ4n) is 1.49. The number of aliphatic carboxylic acids is 1. The summed E-state index contributed by atoms with van der Waals surface area (Å²) in [4.78, 5) is 21.9. The number of hydrogen-bond acceptors (Lipinski definition) is 3. The highest BCUT2D eigenvalue weighted by Gasteiger charge is 2.20. The van der Waals surface area contributed by atoms with E-state index in [9.17, 15) is 9.59 Å². The molecule has 0 bridgehead atoms. The van der Waals surface area contributed by atoms with Gasteiger partial charge in [-0.25, -0.2) is 4.79 Å². The Hall–Kier alpha value is -1.55. The number of carbonyl (C=O) groups excluding carboxylic acids is 1. The molecule has 4 nitrogen and oxygen atoms in total. The molecule has 0 aliphatic rings. The summed E-state index contributed by atoms with van der Waals surface area (Å²) in [5.74, 6) is -0.784. The molecule has 0 fully saturated rings. The fourth-order valence-corrected chi connectivity index (χ4v) is 1.67. The van der Waals surface area contributed by atoms with Gasteiger partial charge in [0.2, 0.25) is 0 Å². The van der Waals surface area contributed by atoms with Crippen molar-refractivity contribution in [3.63, 3.8) is 0 Å². The van der Waals surface area contributed by atoms with Crippen LogP contribution >= 0.6 is 11.6 Å². The first-order valence-electron chi connectivity index (χ1n) is 5.72. The summed E-state index contributed by atoms with van der Waals surface area (Å²) in [6, 6.07) is 4.51. The van der Waals surface area contributed by atoms with Crippen LogP contribution in [-0.2, 0) is 4.79 Å². The Bertz CT molecular complexity index is 431. The van der Waals surface area contributed by atoms with Crippen LogP contribution in [0.3, 0.4) is 0 Å². The summed E-state index contributed by atoms with van der Waals surface area (Å²) < 4.78 is 5.37. The van der Waals surface area contributed by atoms with Gasteiger partial charge in [0.05, 0.1) is 5.56 Å². The summed E-state index contributed by atoms with van der Waals surface area (Å²) in [7, 11) is 0. The molecule has 1 aromatic carbocycles. The minimum absolute atomic E-state index is 0.248. The lowest BCUT2D eigenvalue weighted by Crippen LogP contribution is -2.27. The van der Waals surface area contributed by atoms with Crippen molar-refractivity contribution in [3.8, 4) is 5.75 Å². The van der Waals surface area contributed by atoms with Gasteiger partial charge in [0.25, 0.3) is 0 Å². The molecule has 1 aromatic rings. The summed E-state index contributed by atoms with van der Waals surface area (Å²) in [6.07, 6.45) is 1.70. The molecule has 1 rings (SSSR count). The predicted octanol–water partition coefficient (Wildman–Crippen LogP) is 3.17. The molecule has 0 spiro atoms. The number of halogens is 1. The monoisotopic (exact) mass is 270 g/mol. The molecule has 98 valence electrons. The van der Waals surface area contributed by atoms with Gasteiger partial charge in [0.1, 0.15) is 5.75 Å². The third-order valence-electron chi connectivity index (χ3n) is 2.46. The van der Waals surface area contributed by atoms with E-state index in [1.54, 1.807) is 6.07 Å². The topological polar surface area (TPSA) is 63.6 Å². The lowest BCUT2D eigenvalue weighted by molar-refractivity contribution is -0.145. The first-order valence-corrected chi connectivity index (χ1v) is 6.10. The van der Waals surface area contributed by atoms with Crippen LogP contribution in [0, 0.1) is 0 Å². The van der Waals surface area contributed by atoms with Gasteiger partial charge in [0, 0.05) is 5.02 Å². The highest BCUT2D eigenvalue weighted by molar-refractivity contribution is 6.30. The third kappa shape index (κ3) is 4.04. The molecule has 0 saturated heterocycles. The van der Waals surface area contributed by atoms with E-state index in [1.807, 2.05) is 6.92 Å². The largest absolute Gasteiger partial charge is 0.479 e. The smallest absolute Gasteiger partial charge is 0.344 e. The van der Waals surface area contributed by atoms with Crippen LogP contribution in [0.15, 0.2) is 18.2 Å². The zero-order valence-electron chi connectivity index (χ0n) is 10.1. The standard InChI is InChI=1S/C13H15ClO4/c1-2-3-4-12(13(16)17)18-11-6-5-10(14)7-9(11)8-15/h5-8,12H,2-4H2,1H3,(H,16,17). The molecular formula is C13H15ClO4. The van der Waals surface area contributed by atoms with E-state index in [2.05, 4.69) is 0 Å². The summed E-state index contributed by atoms with van der Waals surface area (Å²) in [5, 5.41) is 9.45. The molecular weight excluding hydrogens is 256 g/mol. The number of carboxylic acids is 1. The van der Waals surface area contributed by atoms with E-state index in [4.69, 9.17) is 21.4 Å². The van der Waals surface area contributed by atoms with E-state index in [-0.39, 0.29) is 11.3 Å². The number of aldehydes is 1. The maximum absolute atomic E-state index is 11.0. The minimum Gasteiger partial charge on any atom is -0.479 e. The Morgan fingerprint density at radius 3 is 2.83 bits per heavy atom. The number of carboxylic acid groups (broad SMARTS) is 1. The minimum atomic E-state index is -1.03. The molecule has 0 radical (unpaired) electrons. The second-order valence-corrected chi connectivity index (χ2v) is 4.32. The maximum Gasteiger partial charge on any atom is 0.344 e. The van der Waals surface area contributed by atoms with Gasteiger partial charge in [-0.05, 0) is 31.0 Å². The summed E-state index contributed by atoms with van der Waals surface area (Å²) in [6.45, 7) is 1.97. The lowest BCUT2D eigenvalue weighted by Gasteiger charge is -2.16. The van der Waals surface area contributed by atoms with Crippen molar-refractivity contribution >= 4 is 23.9 Å². The fraction of sp³-hybridized carbons (Fsp3) is 0.385. The average molecular weight is 271 g/mol. The lowest BCUT2D eigenvalue weighted by atomic mass is 10.1. The molecule has 18 heavy (non-hydrogen) atoms. The van der Waals surface area contributed by atoms with Crippen molar-refractivity contribution in [2.45, 2.75) is 32.3 Å². The highest BCUT2D eigenvalue weighted by atomic mass is 35.5. The van der Waals surface area contributed by atoms with Gasteiger partial charge in [-0.1, -0.05) is 24.9 Å². The van der Waals surface area contributed by atoms with E-state index >= 15 is 0 Å². The predicted molar refractivity (Wildman–Crippen MR) is 68.4 cm³/mol. The van der Waals surface area contributed by atoms with Crippen LogP contribution in [0.1, 0.15) is 36.5 Å². The zero-order valence-corrected chi connectivity index (χ0v) is 10.8. The summed E-state index contributed by atoms with van der Waals surface area (Å²) >= 11 is 5.75. The first kappa shape index (κ1) is 14.5. The van der Waals surface area contributed by atoms with Crippen molar-refractivity contribution < 1.29 is 19.4 Å². The normalized spacial score (nSPS) is 11.9. The molecule has 0 amide bonds. The van der Waals surface area contributed by atoms with E-state index < -0.39 is 12.1 Å². The number of benzene rings is 1. The highest BCUT2D eigenvalue weighted by Crippen LogP contribution is 2.23. The number of hydrogen-bond donors (Lipinski definition) is 1. The SMILES string of the molecule is CCCCC(Oc1ccc(Cl)cc1C=O)C(=O)O. The Kier molecular flexibility index (Phi) is 5.65. The second-order valence-electron chi connectivity index (χ2n) is 3.89. The molecule has 0 saturated carbocycles. The molecule has 0 aliphatic heterocycles. The quantitative estimate of drug-likeness (QED) is 0.773. The molecule has 0 heterocycles. The van der Waals surface area contributed by atoms with Gasteiger partial charge < -0.3 is 9.84 Å². The van der Waals surface area contributed by atoms with Crippen molar-refractivity contribution in [3.05, 3.63) is 28.8 Å². The number of carbonyl (C=O) groups is 2. The Morgan fingerprint density at radius 2 is 2.28 bits per heavy atom.